The lowest BCUT2D eigenvalue weighted by Crippen LogP contribution is -2.01. The van der Waals surface area contributed by atoms with Crippen LogP contribution in [0.3, 0.4) is 0 Å². The smallest absolute Gasteiger partial charge is 0.168 e. The molecule has 0 radical (unpaired) electrons. The second-order valence-corrected chi connectivity index (χ2v) is 8.68. The summed E-state index contributed by atoms with van der Waals surface area (Å²) in [5.74, 6) is 1.56. The van der Waals surface area contributed by atoms with Crippen molar-refractivity contribution in [1.29, 1.82) is 0 Å². The summed E-state index contributed by atoms with van der Waals surface area (Å²) in [6.07, 6.45) is 3.61. The van der Waals surface area contributed by atoms with Crippen molar-refractivity contribution in [3.8, 4) is 34.2 Å². The van der Waals surface area contributed by atoms with E-state index in [1.165, 1.54) is 21.8 Å². The van der Waals surface area contributed by atoms with Gasteiger partial charge in [-0.2, -0.15) is 0 Å². The highest BCUT2D eigenvalue weighted by Gasteiger charge is 2.18. The lowest BCUT2D eigenvalue weighted by Gasteiger charge is -2.12. The van der Waals surface area contributed by atoms with E-state index in [1.54, 1.807) is 6.20 Å². The predicted molar refractivity (Wildman–Crippen MR) is 144 cm³/mol. The van der Waals surface area contributed by atoms with E-state index in [9.17, 15) is 0 Å². The van der Waals surface area contributed by atoms with Crippen molar-refractivity contribution in [2.45, 2.75) is 0 Å². The number of nitrogens with zero attached hydrogens (tertiary/aromatic N) is 5. The topological polar surface area (TPSA) is 48.5 Å². The van der Waals surface area contributed by atoms with Crippen molar-refractivity contribution >= 4 is 21.8 Å². The number of hydrogen-bond acceptors (Lipinski definition) is 3. The molecule has 5 nitrogen and oxygen atoms in total. The van der Waals surface area contributed by atoms with Crippen molar-refractivity contribution in [3.05, 3.63) is 128 Å². The predicted octanol–water partition coefficient (Wildman–Crippen LogP) is 7.09. The Hall–Kier alpha value is -5.03. The van der Waals surface area contributed by atoms with Crippen molar-refractivity contribution in [1.82, 2.24) is 24.3 Å². The van der Waals surface area contributed by atoms with E-state index in [1.807, 2.05) is 48.7 Å². The highest BCUT2D eigenvalue weighted by atomic mass is 15.3. The molecule has 3 heterocycles. The summed E-state index contributed by atoms with van der Waals surface area (Å²) in [5.41, 5.74) is 6.39. The first-order valence-electron chi connectivity index (χ1n) is 11.9. The van der Waals surface area contributed by atoms with Crippen LogP contribution in [0.5, 0.6) is 0 Å². The van der Waals surface area contributed by atoms with Gasteiger partial charge in [0.2, 0.25) is 0 Å². The van der Waals surface area contributed by atoms with E-state index in [-0.39, 0.29) is 0 Å². The number of para-hydroxylation sites is 2. The number of rotatable bonds is 4. The molecule has 0 saturated carbocycles. The molecule has 36 heavy (non-hydrogen) atoms. The van der Waals surface area contributed by atoms with E-state index < -0.39 is 0 Å². The molecular weight excluding hydrogens is 442 g/mol. The summed E-state index contributed by atoms with van der Waals surface area (Å²) in [7, 11) is 0. The van der Waals surface area contributed by atoms with Crippen molar-refractivity contribution in [3.63, 3.8) is 0 Å². The molecule has 0 bridgehead atoms. The molecule has 4 aromatic carbocycles. The lowest BCUT2D eigenvalue weighted by atomic mass is 10.1. The second kappa shape index (κ2) is 8.32. The van der Waals surface area contributed by atoms with Gasteiger partial charge in [-0.1, -0.05) is 66.7 Å². The number of aromatic nitrogens is 5. The molecule has 0 fully saturated rings. The van der Waals surface area contributed by atoms with Gasteiger partial charge in [0.1, 0.15) is 0 Å². The molecule has 0 N–H and O–H groups in total. The molecule has 0 unspecified atom stereocenters. The average molecular weight is 464 g/mol. The lowest BCUT2D eigenvalue weighted by molar-refractivity contribution is 1.05. The van der Waals surface area contributed by atoms with E-state index in [4.69, 9.17) is 0 Å². The van der Waals surface area contributed by atoms with Gasteiger partial charge in [-0.3, -0.25) is 9.55 Å². The minimum atomic E-state index is 0.774. The Bertz CT molecular complexity index is 1760. The molecule has 0 atom stereocenters. The van der Waals surface area contributed by atoms with Crippen LogP contribution in [-0.4, -0.2) is 24.3 Å². The van der Waals surface area contributed by atoms with Crippen molar-refractivity contribution in [2.24, 2.45) is 0 Å². The van der Waals surface area contributed by atoms with Gasteiger partial charge in [-0.15, -0.1) is 10.2 Å². The molecule has 7 aromatic rings. The maximum absolute atomic E-state index is 4.61. The van der Waals surface area contributed by atoms with Gasteiger partial charge in [0.05, 0.1) is 22.9 Å². The number of pyridine rings is 1. The Morgan fingerprint density at radius 1 is 0.444 bits per heavy atom. The molecule has 5 heteroatoms. The van der Waals surface area contributed by atoms with Crippen molar-refractivity contribution in [2.75, 3.05) is 0 Å². The number of benzene rings is 4. The standard InChI is InChI=1S/C31H21N5/c1-2-9-22(10-3-1)30-33-34-31(36(30)25-11-8-20-32-21-25)23-16-18-24(19-17-23)35-28-14-6-4-12-26(28)27-13-5-7-15-29(27)35/h1-21H. The number of hydrogen-bond donors (Lipinski definition) is 0. The number of fused-ring (bicyclic) bond motifs is 3. The quantitative estimate of drug-likeness (QED) is 0.280. The van der Waals surface area contributed by atoms with E-state index >= 15 is 0 Å². The van der Waals surface area contributed by atoms with Crippen LogP contribution in [0.15, 0.2) is 128 Å². The van der Waals surface area contributed by atoms with Gasteiger partial charge in [0.15, 0.2) is 11.6 Å². The summed E-state index contributed by atoms with van der Waals surface area (Å²) in [6, 6.07) is 39.7. The Morgan fingerprint density at radius 2 is 1.03 bits per heavy atom. The van der Waals surface area contributed by atoms with Gasteiger partial charge in [0.25, 0.3) is 0 Å². The highest BCUT2D eigenvalue weighted by Crippen LogP contribution is 2.33. The summed E-state index contributed by atoms with van der Waals surface area (Å²) >= 11 is 0. The Labute approximate surface area is 207 Å². The minimum Gasteiger partial charge on any atom is -0.309 e. The maximum atomic E-state index is 4.61. The van der Waals surface area contributed by atoms with Crippen LogP contribution in [0.2, 0.25) is 0 Å². The first-order chi connectivity index (χ1) is 17.9. The molecule has 0 aliphatic heterocycles. The highest BCUT2D eigenvalue weighted by molar-refractivity contribution is 6.09. The Kier molecular flexibility index (Phi) is 4.71. The largest absolute Gasteiger partial charge is 0.309 e. The van der Waals surface area contributed by atoms with Crippen LogP contribution in [-0.2, 0) is 0 Å². The van der Waals surface area contributed by atoms with Crippen LogP contribution in [0.4, 0.5) is 0 Å². The zero-order valence-corrected chi connectivity index (χ0v) is 19.4. The van der Waals surface area contributed by atoms with E-state index in [0.29, 0.717) is 0 Å². The third-order valence-corrected chi connectivity index (χ3v) is 6.56. The van der Waals surface area contributed by atoms with Crippen LogP contribution in [0.1, 0.15) is 0 Å². The fraction of sp³-hybridized carbons (Fsp3) is 0. The zero-order valence-electron chi connectivity index (χ0n) is 19.4. The normalized spacial score (nSPS) is 11.3. The fourth-order valence-corrected chi connectivity index (χ4v) is 4.94. The molecule has 0 aliphatic carbocycles. The SMILES string of the molecule is c1ccc(-c2nnc(-c3ccc(-n4c5ccccc5c5ccccc54)cc3)n2-c2cccnc2)cc1. The second-order valence-electron chi connectivity index (χ2n) is 8.68. The van der Waals surface area contributed by atoms with Gasteiger partial charge < -0.3 is 4.57 Å². The van der Waals surface area contributed by atoms with Gasteiger partial charge in [0, 0.05) is 33.8 Å². The zero-order chi connectivity index (χ0) is 23.9. The van der Waals surface area contributed by atoms with Crippen molar-refractivity contribution < 1.29 is 0 Å². The molecular formula is C31H21N5. The fourth-order valence-electron chi connectivity index (χ4n) is 4.94. The molecule has 0 amide bonds. The third kappa shape index (κ3) is 3.21. The average Bonchev–Trinajstić information content (AvgIpc) is 3.54. The van der Waals surface area contributed by atoms with Crippen LogP contribution in [0.25, 0.3) is 56.0 Å². The Balaban J connectivity index is 1.39. The monoisotopic (exact) mass is 463 g/mol. The minimum absolute atomic E-state index is 0.774. The van der Waals surface area contributed by atoms with Crippen LogP contribution in [0, 0.1) is 0 Å². The first kappa shape index (κ1) is 20.4. The molecule has 0 aliphatic rings. The summed E-state index contributed by atoms with van der Waals surface area (Å²) < 4.78 is 4.38. The van der Waals surface area contributed by atoms with E-state index in [0.717, 1.165) is 34.2 Å². The summed E-state index contributed by atoms with van der Waals surface area (Å²) in [5, 5.41) is 11.7. The molecule has 0 spiro atoms. The summed E-state index contributed by atoms with van der Waals surface area (Å²) in [4.78, 5) is 4.34. The molecule has 3 aromatic heterocycles. The van der Waals surface area contributed by atoms with Crippen LogP contribution < -0.4 is 0 Å². The van der Waals surface area contributed by atoms with Gasteiger partial charge in [-0.25, -0.2) is 0 Å². The summed E-state index contributed by atoms with van der Waals surface area (Å²) in [6.45, 7) is 0. The van der Waals surface area contributed by atoms with Gasteiger partial charge >= 0.3 is 0 Å². The van der Waals surface area contributed by atoms with Gasteiger partial charge in [-0.05, 0) is 48.5 Å². The first-order valence-corrected chi connectivity index (χ1v) is 11.9. The van der Waals surface area contributed by atoms with E-state index in [2.05, 4.69) is 97.1 Å². The molecule has 0 saturated heterocycles. The third-order valence-electron chi connectivity index (χ3n) is 6.56. The maximum Gasteiger partial charge on any atom is 0.168 e. The molecule has 170 valence electrons. The molecule has 7 rings (SSSR count). The Morgan fingerprint density at radius 3 is 1.64 bits per heavy atom. The van der Waals surface area contributed by atoms with Crippen LogP contribution >= 0.6 is 0 Å².